The molecule has 0 bridgehead atoms. The zero-order valence-electron chi connectivity index (χ0n) is 14.8. The van der Waals surface area contributed by atoms with Crippen LogP contribution in [0.15, 0.2) is 46.4 Å². The van der Waals surface area contributed by atoms with Gasteiger partial charge in [-0.15, -0.1) is 0 Å². The fraction of sp³-hybridized carbons (Fsp3) is 0. The maximum Gasteiger partial charge on any atom is 0.206 e. The van der Waals surface area contributed by atoms with Crippen LogP contribution >= 0.6 is 0 Å². The van der Waals surface area contributed by atoms with E-state index in [9.17, 15) is 17.6 Å². The lowest BCUT2D eigenvalue weighted by Gasteiger charge is -1.98. The molecular formula is C22H6F4N4. The SMILES string of the molecule is N#CN=c1c2cc3c(cc2c2c(F)cc(F)cc12)c(=NC#N)c1cc(F)cc(F)c13. The van der Waals surface area contributed by atoms with E-state index >= 15 is 0 Å². The third-order valence-electron chi connectivity index (χ3n) is 5.15. The number of nitrogens with zero attached hydrogens (tertiary/aromatic N) is 4. The predicted octanol–water partition coefficient (Wildman–Crippen LogP) is 4.49. The highest BCUT2D eigenvalue weighted by Crippen LogP contribution is 2.34. The summed E-state index contributed by atoms with van der Waals surface area (Å²) in [5, 5.41) is 19.6. The molecule has 0 fully saturated rings. The Morgan fingerprint density at radius 3 is 1.30 bits per heavy atom. The number of benzene rings is 3. The molecule has 30 heavy (non-hydrogen) atoms. The van der Waals surface area contributed by atoms with Crippen molar-refractivity contribution in [3.05, 3.63) is 70.4 Å². The van der Waals surface area contributed by atoms with Gasteiger partial charge in [-0.3, -0.25) is 0 Å². The van der Waals surface area contributed by atoms with Gasteiger partial charge in [0.15, 0.2) is 0 Å². The molecule has 4 nitrogen and oxygen atoms in total. The first kappa shape index (κ1) is 17.8. The minimum absolute atomic E-state index is 0.0297. The molecule has 142 valence electrons. The van der Waals surface area contributed by atoms with Crippen LogP contribution in [0.2, 0.25) is 0 Å². The topological polar surface area (TPSA) is 72.3 Å². The number of hydrogen-bond acceptors (Lipinski definition) is 4. The van der Waals surface area contributed by atoms with Crippen molar-refractivity contribution in [2.45, 2.75) is 0 Å². The van der Waals surface area contributed by atoms with E-state index in [1.165, 1.54) is 12.1 Å². The van der Waals surface area contributed by atoms with E-state index in [1.807, 2.05) is 0 Å². The second kappa shape index (κ2) is 6.10. The molecule has 0 heterocycles. The lowest BCUT2D eigenvalue weighted by molar-refractivity contribution is 0.592. The zero-order valence-corrected chi connectivity index (χ0v) is 14.8. The summed E-state index contributed by atoms with van der Waals surface area (Å²) in [6.07, 6.45) is 3.24. The lowest BCUT2D eigenvalue weighted by atomic mass is 10.1. The average Bonchev–Trinajstić information content (AvgIpc) is 3.14. The van der Waals surface area contributed by atoms with Gasteiger partial charge < -0.3 is 0 Å². The lowest BCUT2D eigenvalue weighted by Crippen LogP contribution is -1.99. The van der Waals surface area contributed by atoms with Gasteiger partial charge in [-0.25, -0.2) is 17.6 Å². The number of fused-ring (bicyclic) bond motifs is 6. The minimum atomic E-state index is -0.860. The van der Waals surface area contributed by atoms with E-state index in [4.69, 9.17) is 10.5 Å². The largest absolute Gasteiger partial charge is 0.207 e. The van der Waals surface area contributed by atoms with Crippen LogP contribution in [0.1, 0.15) is 0 Å². The summed E-state index contributed by atoms with van der Waals surface area (Å²) in [5.41, 5.74) is 0. The van der Waals surface area contributed by atoms with Crippen LogP contribution in [0.4, 0.5) is 17.6 Å². The van der Waals surface area contributed by atoms with Crippen molar-refractivity contribution in [3.63, 3.8) is 0 Å². The number of hydrogen-bond donors (Lipinski definition) is 0. The van der Waals surface area contributed by atoms with E-state index in [-0.39, 0.29) is 43.0 Å². The molecule has 0 atom stereocenters. The Balaban J connectivity index is 2.17. The predicted molar refractivity (Wildman–Crippen MR) is 101 cm³/mol. The highest BCUT2D eigenvalue weighted by atomic mass is 19.1. The van der Waals surface area contributed by atoms with E-state index in [1.54, 1.807) is 12.4 Å². The first-order valence-corrected chi connectivity index (χ1v) is 8.56. The molecule has 0 aromatic heterocycles. The molecule has 0 radical (unpaired) electrons. The highest BCUT2D eigenvalue weighted by Gasteiger charge is 2.20. The van der Waals surface area contributed by atoms with Gasteiger partial charge in [0.25, 0.3) is 0 Å². The molecule has 0 aliphatic carbocycles. The monoisotopic (exact) mass is 402 g/mol. The molecule has 0 unspecified atom stereocenters. The van der Waals surface area contributed by atoms with Crippen molar-refractivity contribution < 1.29 is 17.6 Å². The van der Waals surface area contributed by atoms with Crippen LogP contribution < -0.4 is 10.7 Å². The molecule has 0 aliphatic heterocycles. The van der Waals surface area contributed by atoms with Gasteiger partial charge in [-0.2, -0.15) is 20.5 Å². The average molecular weight is 402 g/mol. The quantitative estimate of drug-likeness (QED) is 0.283. The first-order chi connectivity index (χ1) is 14.4. The van der Waals surface area contributed by atoms with E-state index in [0.717, 1.165) is 12.1 Å². The zero-order chi connectivity index (χ0) is 21.2. The van der Waals surface area contributed by atoms with Gasteiger partial charge >= 0.3 is 0 Å². The summed E-state index contributed by atoms with van der Waals surface area (Å²) >= 11 is 0. The van der Waals surface area contributed by atoms with Crippen LogP contribution in [0, 0.1) is 46.2 Å². The van der Waals surface area contributed by atoms with Crippen molar-refractivity contribution in [1.29, 1.82) is 10.5 Å². The second-order valence-corrected chi connectivity index (χ2v) is 6.68. The molecule has 5 aromatic rings. The first-order valence-electron chi connectivity index (χ1n) is 8.56. The van der Waals surface area contributed by atoms with E-state index in [0.29, 0.717) is 22.9 Å². The van der Waals surface area contributed by atoms with Crippen molar-refractivity contribution in [3.8, 4) is 12.4 Å². The van der Waals surface area contributed by atoms with Crippen LogP contribution in [0.25, 0.3) is 43.1 Å². The summed E-state index contributed by atoms with van der Waals surface area (Å²) in [7, 11) is 0. The molecule has 8 heteroatoms. The van der Waals surface area contributed by atoms with Crippen molar-refractivity contribution >= 4 is 43.1 Å². The molecule has 5 rings (SSSR count). The standard InChI is InChI=1S/C22H6F4N4/c23-9-1-15-19(17(25)3-9)11-5-14-12(6-13(11)21(15)29-7-27)20-16(22(14)30-8-28)2-10(24)4-18(20)26/h1-6H. The second-order valence-electron chi connectivity index (χ2n) is 6.68. The van der Waals surface area contributed by atoms with E-state index < -0.39 is 23.3 Å². The Kier molecular flexibility index (Phi) is 3.61. The fourth-order valence-corrected chi connectivity index (χ4v) is 4.10. The van der Waals surface area contributed by atoms with Crippen molar-refractivity contribution in [1.82, 2.24) is 0 Å². The summed E-state index contributed by atoms with van der Waals surface area (Å²) in [4.78, 5) is 7.43. The van der Waals surface area contributed by atoms with Gasteiger partial charge in [0.05, 0.1) is 10.7 Å². The van der Waals surface area contributed by atoms with Gasteiger partial charge in [0.1, 0.15) is 23.3 Å². The highest BCUT2D eigenvalue weighted by molar-refractivity contribution is 6.21. The van der Waals surface area contributed by atoms with Gasteiger partial charge in [-0.05, 0) is 35.0 Å². The molecule has 0 saturated carbocycles. The maximum absolute atomic E-state index is 14.7. The summed E-state index contributed by atoms with van der Waals surface area (Å²) in [5.74, 6) is -3.40. The molecule has 5 aromatic carbocycles. The third-order valence-corrected chi connectivity index (χ3v) is 5.15. The summed E-state index contributed by atoms with van der Waals surface area (Å²) < 4.78 is 57.0. The smallest absolute Gasteiger partial charge is 0.206 e. The Bertz CT molecular complexity index is 1630. The number of nitriles is 2. The molecule has 0 saturated heterocycles. The maximum atomic E-state index is 14.7. The summed E-state index contributed by atoms with van der Waals surface area (Å²) in [6.45, 7) is 0. The van der Waals surface area contributed by atoms with Crippen LogP contribution in [0.3, 0.4) is 0 Å². The van der Waals surface area contributed by atoms with Gasteiger partial charge in [-0.1, -0.05) is 0 Å². The Morgan fingerprint density at radius 1 is 0.533 bits per heavy atom. The van der Waals surface area contributed by atoms with E-state index in [2.05, 4.69) is 9.98 Å². The normalized spacial score (nSPS) is 13.0. The molecule has 0 spiro atoms. The van der Waals surface area contributed by atoms with Gasteiger partial charge in [0.2, 0.25) is 12.4 Å². The van der Waals surface area contributed by atoms with Crippen LogP contribution in [-0.2, 0) is 0 Å². The Hall–Kier alpha value is -4.30. The van der Waals surface area contributed by atoms with Crippen LogP contribution in [-0.4, -0.2) is 0 Å². The minimum Gasteiger partial charge on any atom is -0.207 e. The van der Waals surface area contributed by atoms with Crippen molar-refractivity contribution in [2.75, 3.05) is 0 Å². The summed E-state index contributed by atoms with van der Waals surface area (Å²) in [6, 6.07) is 6.48. The molecule has 0 amide bonds. The fourth-order valence-electron chi connectivity index (χ4n) is 4.10. The Labute approximate surface area is 164 Å². The number of rotatable bonds is 0. The van der Waals surface area contributed by atoms with Crippen molar-refractivity contribution in [2.24, 2.45) is 9.98 Å². The van der Waals surface area contributed by atoms with Crippen LogP contribution in [0.5, 0.6) is 0 Å². The Morgan fingerprint density at radius 2 is 0.933 bits per heavy atom. The molecule has 0 N–H and O–H groups in total. The molecular weight excluding hydrogens is 396 g/mol. The van der Waals surface area contributed by atoms with Gasteiger partial charge in [0, 0.05) is 44.5 Å². The molecule has 0 aliphatic rings. The number of halogens is 4. The third kappa shape index (κ3) is 2.25.